The van der Waals surface area contributed by atoms with Crippen LogP contribution in [0.1, 0.15) is 25.5 Å². The van der Waals surface area contributed by atoms with Gasteiger partial charge in [-0.25, -0.2) is 9.78 Å². The molecule has 1 aromatic heterocycles. The monoisotopic (exact) mass is 383 g/mol. The summed E-state index contributed by atoms with van der Waals surface area (Å²) in [5, 5.41) is 0. The molecule has 0 aliphatic heterocycles. The predicted octanol–water partition coefficient (Wildman–Crippen LogP) is 5.06. The van der Waals surface area contributed by atoms with Crippen LogP contribution in [0.15, 0.2) is 52.9 Å². The molecule has 0 aliphatic carbocycles. The highest BCUT2D eigenvalue weighted by Gasteiger charge is 2.22. The van der Waals surface area contributed by atoms with Crippen molar-refractivity contribution in [3.05, 3.63) is 54.2 Å². The van der Waals surface area contributed by atoms with Crippen molar-refractivity contribution in [1.82, 2.24) is 4.98 Å². The summed E-state index contributed by atoms with van der Waals surface area (Å²) < 4.78 is 26.3. The van der Waals surface area contributed by atoms with Crippen molar-refractivity contribution >= 4 is 6.16 Å². The lowest BCUT2D eigenvalue weighted by Crippen LogP contribution is -2.14. The molecule has 2 aromatic carbocycles. The van der Waals surface area contributed by atoms with Crippen molar-refractivity contribution in [3.8, 4) is 34.6 Å². The van der Waals surface area contributed by atoms with E-state index in [4.69, 9.17) is 23.4 Å². The molecule has 0 spiro atoms. The number of carbonyl (C=O) groups is 1. The molecule has 7 nitrogen and oxygen atoms in total. The molecule has 0 N–H and O–H groups in total. The van der Waals surface area contributed by atoms with Gasteiger partial charge < -0.3 is 23.4 Å². The zero-order valence-corrected chi connectivity index (χ0v) is 16.1. The van der Waals surface area contributed by atoms with Crippen molar-refractivity contribution < 1.29 is 28.2 Å². The van der Waals surface area contributed by atoms with Crippen LogP contribution >= 0.6 is 0 Å². The van der Waals surface area contributed by atoms with Crippen LogP contribution in [0.5, 0.6) is 23.2 Å². The summed E-state index contributed by atoms with van der Waals surface area (Å²) >= 11 is 0. The molecule has 0 unspecified atom stereocenters. The first-order valence-electron chi connectivity index (χ1n) is 8.69. The Morgan fingerprint density at radius 1 is 0.857 bits per heavy atom. The number of carbonyl (C=O) groups excluding carboxylic acids is 1. The Bertz CT molecular complexity index is 929. The fourth-order valence-electron chi connectivity index (χ4n) is 2.45. The van der Waals surface area contributed by atoms with Crippen molar-refractivity contribution in [3.63, 3.8) is 0 Å². The summed E-state index contributed by atoms with van der Waals surface area (Å²) in [7, 11) is 3.15. The Balaban J connectivity index is 1.77. The zero-order chi connectivity index (χ0) is 20.1. The van der Waals surface area contributed by atoms with Gasteiger partial charge in [-0.3, -0.25) is 0 Å². The van der Waals surface area contributed by atoms with E-state index in [0.717, 1.165) is 11.3 Å². The van der Waals surface area contributed by atoms with Gasteiger partial charge in [0.15, 0.2) is 0 Å². The van der Waals surface area contributed by atoms with E-state index in [-0.39, 0.29) is 11.9 Å². The summed E-state index contributed by atoms with van der Waals surface area (Å²) in [5.74, 6) is 2.05. The maximum absolute atomic E-state index is 12.2. The predicted molar refractivity (Wildman–Crippen MR) is 102 cm³/mol. The number of rotatable bonds is 6. The Morgan fingerprint density at radius 3 is 1.93 bits per heavy atom. The van der Waals surface area contributed by atoms with Crippen LogP contribution in [-0.2, 0) is 0 Å². The van der Waals surface area contributed by atoms with Crippen molar-refractivity contribution in [2.75, 3.05) is 14.2 Å². The van der Waals surface area contributed by atoms with E-state index in [0.29, 0.717) is 23.1 Å². The van der Waals surface area contributed by atoms with Gasteiger partial charge in [-0.05, 0) is 48.5 Å². The van der Waals surface area contributed by atoms with Crippen LogP contribution in [0.3, 0.4) is 0 Å². The van der Waals surface area contributed by atoms with E-state index in [1.165, 1.54) is 0 Å². The average molecular weight is 383 g/mol. The Hall–Kier alpha value is -3.48. The summed E-state index contributed by atoms with van der Waals surface area (Å²) in [6.07, 6.45) is -0.913. The maximum Gasteiger partial charge on any atom is 0.521 e. The van der Waals surface area contributed by atoms with Gasteiger partial charge in [0.05, 0.1) is 14.2 Å². The molecule has 0 saturated carbocycles. The van der Waals surface area contributed by atoms with E-state index in [1.807, 2.05) is 26.0 Å². The zero-order valence-electron chi connectivity index (χ0n) is 16.1. The van der Waals surface area contributed by atoms with E-state index < -0.39 is 6.16 Å². The molecule has 0 radical (unpaired) electrons. The largest absolute Gasteiger partial charge is 0.521 e. The second kappa shape index (κ2) is 8.47. The fraction of sp³-hybridized carbons (Fsp3) is 0.238. The molecule has 0 bridgehead atoms. The SMILES string of the molecule is COc1ccc(OC(=O)Oc2oc(-c3ccc(OC)cc3)nc2C(C)C)cc1. The molecule has 1 heterocycles. The highest BCUT2D eigenvalue weighted by atomic mass is 16.8. The third-order valence-corrected chi connectivity index (χ3v) is 3.94. The third kappa shape index (κ3) is 4.43. The van der Waals surface area contributed by atoms with Gasteiger partial charge in [-0.1, -0.05) is 13.8 Å². The van der Waals surface area contributed by atoms with Gasteiger partial charge in [0.2, 0.25) is 5.89 Å². The Labute approximate surface area is 162 Å². The van der Waals surface area contributed by atoms with Crippen LogP contribution in [0.2, 0.25) is 0 Å². The standard InChI is InChI=1S/C21H21NO6/c1-13(2)18-20(27-19(22-18)14-5-7-15(24-3)8-6-14)28-21(23)26-17-11-9-16(25-4)10-12-17/h5-13H,1-4H3. The number of methoxy groups -OCH3 is 2. The Kier molecular flexibility index (Phi) is 5.84. The minimum absolute atomic E-state index is 0.0133. The van der Waals surface area contributed by atoms with Crippen LogP contribution < -0.4 is 18.9 Å². The molecule has 0 atom stereocenters. The number of ether oxygens (including phenoxy) is 4. The molecule has 0 aliphatic rings. The van der Waals surface area contributed by atoms with E-state index in [1.54, 1.807) is 50.6 Å². The number of oxazole rings is 1. The lowest BCUT2D eigenvalue weighted by molar-refractivity contribution is 0.139. The van der Waals surface area contributed by atoms with Crippen LogP contribution in [0.4, 0.5) is 4.79 Å². The first kappa shape index (κ1) is 19.3. The fourth-order valence-corrected chi connectivity index (χ4v) is 2.45. The second-order valence-corrected chi connectivity index (χ2v) is 6.20. The molecule has 3 rings (SSSR count). The third-order valence-electron chi connectivity index (χ3n) is 3.94. The molecule has 0 amide bonds. The smallest absolute Gasteiger partial charge is 0.497 e. The molecule has 0 fully saturated rings. The maximum atomic E-state index is 12.2. The quantitative estimate of drug-likeness (QED) is 0.435. The number of hydrogen-bond acceptors (Lipinski definition) is 7. The van der Waals surface area contributed by atoms with Gasteiger partial charge in [-0.15, -0.1) is 0 Å². The summed E-state index contributed by atoms with van der Waals surface area (Å²) in [6, 6.07) is 13.8. The molecule has 3 aromatic rings. The molecule has 0 saturated heterocycles. The van der Waals surface area contributed by atoms with Gasteiger partial charge in [-0.2, -0.15) is 0 Å². The average Bonchev–Trinajstić information content (AvgIpc) is 3.12. The van der Waals surface area contributed by atoms with Crippen LogP contribution in [0, 0.1) is 0 Å². The second-order valence-electron chi connectivity index (χ2n) is 6.20. The molecular weight excluding hydrogens is 362 g/mol. The van der Waals surface area contributed by atoms with Gasteiger partial charge in [0.1, 0.15) is 22.9 Å². The van der Waals surface area contributed by atoms with Gasteiger partial charge >= 0.3 is 12.1 Å². The minimum atomic E-state index is -0.913. The van der Waals surface area contributed by atoms with E-state index in [9.17, 15) is 4.79 Å². The topological polar surface area (TPSA) is 80.0 Å². The summed E-state index contributed by atoms with van der Waals surface area (Å²) in [5.41, 5.74) is 1.26. The lowest BCUT2D eigenvalue weighted by Gasteiger charge is -2.06. The number of aromatic nitrogens is 1. The summed E-state index contributed by atoms with van der Waals surface area (Å²) in [4.78, 5) is 16.6. The molecule has 28 heavy (non-hydrogen) atoms. The highest BCUT2D eigenvalue weighted by Crippen LogP contribution is 2.33. The Morgan fingerprint density at radius 2 is 1.39 bits per heavy atom. The molecular formula is C21H21NO6. The minimum Gasteiger partial charge on any atom is -0.497 e. The van der Waals surface area contributed by atoms with Crippen LogP contribution in [0.25, 0.3) is 11.5 Å². The number of hydrogen-bond donors (Lipinski definition) is 0. The first-order valence-corrected chi connectivity index (χ1v) is 8.69. The lowest BCUT2D eigenvalue weighted by atomic mass is 10.1. The normalized spacial score (nSPS) is 10.6. The number of nitrogens with zero attached hydrogens (tertiary/aromatic N) is 1. The first-order chi connectivity index (χ1) is 13.5. The van der Waals surface area contributed by atoms with Crippen LogP contribution in [-0.4, -0.2) is 25.4 Å². The number of benzene rings is 2. The van der Waals surface area contributed by atoms with Crippen molar-refractivity contribution in [2.24, 2.45) is 0 Å². The molecule has 146 valence electrons. The van der Waals surface area contributed by atoms with Gasteiger partial charge in [0, 0.05) is 11.5 Å². The van der Waals surface area contributed by atoms with Crippen molar-refractivity contribution in [1.29, 1.82) is 0 Å². The van der Waals surface area contributed by atoms with E-state index >= 15 is 0 Å². The summed E-state index contributed by atoms with van der Waals surface area (Å²) in [6.45, 7) is 3.86. The molecule has 7 heteroatoms. The highest BCUT2D eigenvalue weighted by molar-refractivity contribution is 5.67. The van der Waals surface area contributed by atoms with Crippen molar-refractivity contribution in [2.45, 2.75) is 19.8 Å². The van der Waals surface area contributed by atoms with Gasteiger partial charge in [0.25, 0.3) is 0 Å². The van der Waals surface area contributed by atoms with E-state index in [2.05, 4.69) is 4.98 Å².